The molecule has 2 heterocycles. The first-order valence-electron chi connectivity index (χ1n) is 8.50. The van der Waals surface area contributed by atoms with Crippen molar-refractivity contribution in [2.75, 3.05) is 11.9 Å². The van der Waals surface area contributed by atoms with Crippen LogP contribution in [-0.4, -0.2) is 36.0 Å². The maximum Gasteiger partial charge on any atom is 0.562 e. The van der Waals surface area contributed by atoms with Crippen molar-refractivity contribution in [2.45, 2.75) is 5.92 Å². The Hall–Kier alpha value is -3.23. The van der Waals surface area contributed by atoms with Gasteiger partial charge in [-0.05, 0) is 35.2 Å². The van der Waals surface area contributed by atoms with E-state index >= 15 is 0 Å². The van der Waals surface area contributed by atoms with Crippen LogP contribution >= 0.6 is 0 Å². The molecule has 8 heteroatoms. The zero-order valence-electron chi connectivity index (χ0n) is 14.4. The molecule has 0 aliphatic carbocycles. The molecule has 0 bridgehead atoms. The highest BCUT2D eigenvalue weighted by atomic mass is 16.5. The number of nitrogens with zero attached hydrogens (tertiary/aromatic N) is 2. The van der Waals surface area contributed by atoms with E-state index in [2.05, 4.69) is 15.3 Å². The fourth-order valence-electron chi connectivity index (χ4n) is 3.11. The molecule has 2 aromatic carbocycles. The lowest BCUT2D eigenvalue weighted by Gasteiger charge is -2.19. The number of hydrogen-bond acceptors (Lipinski definition) is 6. The van der Waals surface area contributed by atoms with E-state index in [4.69, 9.17) is 10.4 Å². The number of aromatic nitrogens is 1. The van der Waals surface area contributed by atoms with Crippen molar-refractivity contribution in [3.63, 3.8) is 0 Å². The lowest BCUT2D eigenvalue weighted by atomic mass is 9.76. The first-order valence-corrected chi connectivity index (χ1v) is 8.50. The van der Waals surface area contributed by atoms with Gasteiger partial charge in [-0.2, -0.15) is 0 Å². The van der Waals surface area contributed by atoms with Crippen molar-refractivity contribution in [3.8, 4) is 0 Å². The largest absolute Gasteiger partial charge is 0.562 e. The molecular weight excluding hydrogens is 343 g/mol. The number of carbonyl (C=O) groups is 1. The van der Waals surface area contributed by atoms with Gasteiger partial charge in [-0.15, -0.1) is 0 Å². The lowest BCUT2D eigenvalue weighted by Crippen LogP contribution is -2.37. The number of aliphatic imine (C=N–C) groups is 1. The van der Waals surface area contributed by atoms with E-state index in [1.807, 2.05) is 24.3 Å². The van der Waals surface area contributed by atoms with Crippen LogP contribution in [0.2, 0.25) is 0 Å². The molecular formula is C19H17BN4O3. The molecule has 1 unspecified atom stereocenters. The van der Waals surface area contributed by atoms with Crippen LogP contribution in [0.15, 0.2) is 59.9 Å². The first kappa shape index (κ1) is 17.2. The maximum atomic E-state index is 12.8. The molecule has 7 nitrogen and oxygen atoms in total. The molecule has 1 aliphatic rings. The van der Waals surface area contributed by atoms with Crippen LogP contribution in [0.4, 0.5) is 11.4 Å². The van der Waals surface area contributed by atoms with Gasteiger partial charge in [0.25, 0.3) is 0 Å². The van der Waals surface area contributed by atoms with Crippen molar-refractivity contribution < 1.29 is 14.5 Å². The van der Waals surface area contributed by atoms with Gasteiger partial charge in [0.05, 0.1) is 11.6 Å². The number of carbonyl (C=O) groups excluding carboxylic acids is 1. The van der Waals surface area contributed by atoms with Gasteiger partial charge < -0.3 is 20.7 Å². The molecule has 0 radical (unpaired) electrons. The first-order chi connectivity index (χ1) is 13.2. The summed E-state index contributed by atoms with van der Waals surface area (Å²) in [4.78, 5) is 21.0. The van der Waals surface area contributed by atoms with Crippen LogP contribution in [0.25, 0.3) is 10.8 Å². The highest BCUT2D eigenvalue weighted by Gasteiger charge is 2.27. The van der Waals surface area contributed by atoms with E-state index in [1.165, 1.54) is 6.40 Å². The maximum absolute atomic E-state index is 12.8. The van der Waals surface area contributed by atoms with Crippen molar-refractivity contribution in [3.05, 3.63) is 60.4 Å². The third-order valence-electron chi connectivity index (χ3n) is 4.56. The van der Waals surface area contributed by atoms with E-state index in [9.17, 15) is 9.82 Å². The quantitative estimate of drug-likeness (QED) is 0.608. The summed E-state index contributed by atoms with van der Waals surface area (Å²) >= 11 is 0. The summed E-state index contributed by atoms with van der Waals surface area (Å²) in [6.45, 7) is 0.127. The van der Waals surface area contributed by atoms with E-state index in [0.29, 0.717) is 22.4 Å². The van der Waals surface area contributed by atoms with Crippen LogP contribution in [0.5, 0.6) is 0 Å². The Bertz CT molecular complexity index is 1040. The predicted molar refractivity (Wildman–Crippen MR) is 105 cm³/mol. The minimum absolute atomic E-state index is 0.127. The van der Waals surface area contributed by atoms with Gasteiger partial charge in [-0.1, -0.05) is 18.2 Å². The average Bonchev–Trinajstić information content (AvgIpc) is 2.69. The third-order valence-corrected chi connectivity index (χ3v) is 4.56. The summed E-state index contributed by atoms with van der Waals surface area (Å²) in [6.07, 6.45) is 4.68. The number of anilines is 1. The molecule has 3 aromatic rings. The molecule has 0 spiro atoms. The molecule has 134 valence electrons. The SMILES string of the molecule is NCC(C(=O)Nc1ccc2cnccc2c1)c1ccc2c(c1)B(O)OC=N2. The fourth-order valence-corrected chi connectivity index (χ4v) is 3.11. The number of hydrogen-bond donors (Lipinski definition) is 3. The smallest absolute Gasteiger partial charge is 0.524 e. The van der Waals surface area contributed by atoms with Crippen LogP contribution in [0.3, 0.4) is 0 Å². The van der Waals surface area contributed by atoms with Crippen LogP contribution in [0.1, 0.15) is 11.5 Å². The zero-order chi connectivity index (χ0) is 18.8. The minimum Gasteiger partial charge on any atom is -0.524 e. The molecule has 4 N–H and O–H groups in total. The van der Waals surface area contributed by atoms with Crippen LogP contribution in [0, 0.1) is 0 Å². The molecule has 4 rings (SSSR count). The van der Waals surface area contributed by atoms with Crippen LogP contribution < -0.4 is 16.5 Å². The number of pyridine rings is 1. The molecule has 0 fully saturated rings. The molecule has 1 atom stereocenters. The second kappa shape index (κ2) is 7.18. The van der Waals surface area contributed by atoms with Crippen molar-refractivity contribution in [1.29, 1.82) is 0 Å². The summed E-state index contributed by atoms with van der Waals surface area (Å²) in [5.41, 5.74) is 8.37. The Balaban J connectivity index is 1.59. The topological polar surface area (TPSA) is 110 Å². The van der Waals surface area contributed by atoms with Crippen LogP contribution in [-0.2, 0) is 9.45 Å². The Morgan fingerprint density at radius 3 is 2.96 bits per heavy atom. The lowest BCUT2D eigenvalue weighted by molar-refractivity contribution is -0.117. The molecule has 27 heavy (non-hydrogen) atoms. The Labute approximate surface area is 156 Å². The highest BCUT2D eigenvalue weighted by molar-refractivity contribution is 6.63. The van der Waals surface area contributed by atoms with Crippen molar-refractivity contribution in [1.82, 2.24) is 4.98 Å². The number of benzene rings is 2. The Kier molecular flexibility index (Phi) is 4.58. The summed E-state index contributed by atoms with van der Waals surface area (Å²) in [7, 11) is -1.10. The normalized spacial score (nSPS) is 13.8. The van der Waals surface area contributed by atoms with Gasteiger partial charge >= 0.3 is 7.12 Å². The zero-order valence-corrected chi connectivity index (χ0v) is 14.4. The number of rotatable bonds is 4. The number of fused-ring (bicyclic) bond motifs is 2. The van der Waals surface area contributed by atoms with Crippen molar-refractivity contribution in [2.24, 2.45) is 10.7 Å². The van der Waals surface area contributed by atoms with Gasteiger partial charge in [-0.3, -0.25) is 9.78 Å². The standard InChI is InChI=1S/C19H17BN4O3/c21-9-16(13-2-4-18-17(8-13)20(26)27-11-23-18)19(25)24-15-3-1-14-10-22-6-5-12(14)7-15/h1-8,10-11,16,26H,9,21H2,(H,24,25). The average molecular weight is 360 g/mol. The van der Waals surface area contributed by atoms with Gasteiger partial charge in [0.1, 0.15) is 0 Å². The van der Waals surface area contributed by atoms with E-state index in [0.717, 1.165) is 10.8 Å². The van der Waals surface area contributed by atoms with Gasteiger partial charge in [-0.25, -0.2) is 4.99 Å². The monoisotopic (exact) mass is 360 g/mol. The summed E-state index contributed by atoms with van der Waals surface area (Å²) in [5.74, 6) is -0.790. The van der Waals surface area contributed by atoms with Gasteiger partial charge in [0.2, 0.25) is 5.91 Å². The van der Waals surface area contributed by atoms with Gasteiger partial charge in [0.15, 0.2) is 6.40 Å². The molecule has 0 saturated carbocycles. The second-order valence-electron chi connectivity index (χ2n) is 6.26. The van der Waals surface area contributed by atoms with E-state index < -0.39 is 13.0 Å². The fraction of sp³-hybridized carbons (Fsp3) is 0.105. The molecule has 1 aromatic heterocycles. The minimum atomic E-state index is -1.10. The molecule has 1 amide bonds. The number of nitrogens with one attached hydrogen (secondary N) is 1. The van der Waals surface area contributed by atoms with E-state index in [1.54, 1.807) is 30.6 Å². The summed E-state index contributed by atoms with van der Waals surface area (Å²) < 4.78 is 5.00. The Morgan fingerprint density at radius 1 is 1.22 bits per heavy atom. The summed E-state index contributed by atoms with van der Waals surface area (Å²) in [6, 6.07) is 12.7. The Morgan fingerprint density at radius 2 is 2.11 bits per heavy atom. The molecule has 0 saturated heterocycles. The number of amides is 1. The second-order valence-corrected chi connectivity index (χ2v) is 6.26. The highest BCUT2D eigenvalue weighted by Crippen LogP contribution is 2.23. The summed E-state index contributed by atoms with van der Waals surface area (Å²) in [5, 5.41) is 14.9. The third kappa shape index (κ3) is 3.40. The molecule has 1 aliphatic heterocycles. The van der Waals surface area contributed by atoms with Crippen molar-refractivity contribution >= 4 is 47.0 Å². The number of nitrogens with two attached hydrogens (primary N) is 1. The predicted octanol–water partition coefficient (Wildman–Crippen LogP) is 1.29. The van der Waals surface area contributed by atoms with E-state index in [-0.39, 0.29) is 12.5 Å². The van der Waals surface area contributed by atoms with Gasteiger partial charge in [0, 0.05) is 35.5 Å².